The Labute approximate surface area is 148 Å². The molecule has 4 heteroatoms. The summed E-state index contributed by atoms with van der Waals surface area (Å²) < 4.78 is 16.3. The van der Waals surface area contributed by atoms with Crippen molar-refractivity contribution < 1.29 is 4.39 Å². The summed E-state index contributed by atoms with van der Waals surface area (Å²) in [6, 6.07) is 18.8. The molecule has 0 aliphatic rings. The maximum Gasteiger partial charge on any atom is 0.127 e. The molecule has 0 fully saturated rings. The highest BCUT2D eigenvalue weighted by Gasteiger charge is 2.26. The third-order valence-electron chi connectivity index (χ3n) is 4.38. The van der Waals surface area contributed by atoms with Crippen LogP contribution in [0.3, 0.4) is 0 Å². The molecule has 130 valence electrons. The van der Waals surface area contributed by atoms with Crippen molar-refractivity contribution >= 4 is 0 Å². The summed E-state index contributed by atoms with van der Waals surface area (Å²) in [5.41, 5.74) is 9.37. The predicted molar refractivity (Wildman–Crippen MR) is 99.6 cm³/mol. The van der Waals surface area contributed by atoms with E-state index in [4.69, 9.17) is 10.8 Å². The van der Waals surface area contributed by atoms with Crippen molar-refractivity contribution in [3.05, 3.63) is 83.4 Å². The molecule has 3 nitrogen and oxygen atoms in total. The smallest absolute Gasteiger partial charge is 0.127 e. The van der Waals surface area contributed by atoms with Crippen LogP contribution in [0, 0.1) is 5.82 Å². The zero-order valence-corrected chi connectivity index (χ0v) is 14.9. The predicted octanol–water partition coefficient (Wildman–Crippen LogP) is 4.40. The average Bonchev–Trinajstić information content (AvgIpc) is 3.03. The lowest BCUT2D eigenvalue weighted by molar-refractivity contribution is 0.558. The molecule has 2 N–H and O–H groups in total. The molecule has 25 heavy (non-hydrogen) atoms. The zero-order valence-electron chi connectivity index (χ0n) is 14.9. The maximum atomic E-state index is 14.4. The summed E-state index contributed by atoms with van der Waals surface area (Å²) in [6.07, 6.45) is 0. The molecule has 1 atom stereocenters. The quantitative estimate of drug-likeness (QED) is 0.767. The molecule has 1 unspecified atom stereocenters. The molecule has 3 rings (SSSR count). The van der Waals surface area contributed by atoms with Crippen molar-refractivity contribution in [3.8, 4) is 5.69 Å². The minimum Gasteiger partial charge on any atom is -0.329 e. The van der Waals surface area contributed by atoms with Crippen LogP contribution in [0.2, 0.25) is 0 Å². The molecule has 0 spiro atoms. The van der Waals surface area contributed by atoms with Gasteiger partial charge in [0, 0.05) is 17.9 Å². The van der Waals surface area contributed by atoms with Gasteiger partial charge in [0.05, 0.1) is 17.1 Å². The lowest BCUT2D eigenvalue weighted by atomic mass is 9.89. The second-order valence-corrected chi connectivity index (χ2v) is 7.26. The van der Waals surface area contributed by atoms with Gasteiger partial charge in [-0.25, -0.2) is 9.07 Å². The van der Waals surface area contributed by atoms with Crippen molar-refractivity contribution in [2.75, 3.05) is 6.54 Å². The van der Waals surface area contributed by atoms with E-state index in [-0.39, 0.29) is 17.2 Å². The van der Waals surface area contributed by atoms with Gasteiger partial charge >= 0.3 is 0 Å². The van der Waals surface area contributed by atoms with E-state index in [2.05, 4.69) is 26.8 Å². The minimum atomic E-state index is -0.259. The molecule has 0 aliphatic heterocycles. The van der Waals surface area contributed by atoms with E-state index in [1.54, 1.807) is 12.1 Å². The molecule has 0 saturated heterocycles. The van der Waals surface area contributed by atoms with E-state index in [1.807, 2.05) is 41.1 Å². The number of nitrogens with two attached hydrogens (primary N) is 1. The van der Waals surface area contributed by atoms with Gasteiger partial charge < -0.3 is 5.73 Å². The van der Waals surface area contributed by atoms with Gasteiger partial charge in [-0.1, -0.05) is 57.2 Å². The minimum absolute atomic E-state index is 0.108. The highest BCUT2D eigenvalue weighted by molar-refractivity contribution is 5.39. The summed E-state index contributed by atoms with van der Waals surface area (Å²) in [4.78, 5) is 0. The summed E-state index contributed by atoms with van der Waals surface area (Å²) in [6.45, 7) is 6.67. The van der Waals surface area contributed by atoms with Gasteiger partial charge in [0.25, 0.3) is 0 Å². The lowest BCUT2D eigenvalue weighted by Gasteiger charge is -2.18. The molecule has 0 amide bonds. The number of hydrogen-bond donors (Lipinski definition) is 1. The Morgan fingerprint density at radius 2 is 1.68 bits per heavy atom. The van der Waals surface area contributed by atoms with E-state index in [0.717, 1.165) is 17.1 Å². The van der Waals surface area contributed by atoms with Crippen LogP contribution in [-0.2, 0) is 5.41 Å². The molecule has 3 aromatic rings. The van der Waals surface area contributed by atoms with Crippen molar-refractivity contribution in [3.63, 3.8) is 0 Å². The lowest BCUT2D eigenvalue weighted by Crippen LogP contribution is -2.18. The van der Waals surface area contributed by atoms with E-state index in [9.17, 15) is 4.39 Å². The molecule has 2 aromatic carbocycles. The van der Waals surface area contributed by atoms with Gasteiger partial charge in [-0.05, 0) is 29.8 Å². The summed E-state index contributed by atoms with van der Waals surface area (Å²) in [5.74, 6) is -0.499. The second kappa shape index (κ2) is 6.81. The van der Waals surface area contributed by atoms with Crippen LogP contribution >= 0.6 is 0 Å². The van der Waals surface area contributed by atoms with Crippen LogP contribution in [0.25, 0.3) is 5.69 Å². The third kappa shape index (κ3) is 3.49. The van der Waals surface area contributed by atoms with Crippen molar-refractivity contribution in [2.45, 2.75) is 32.1 Å². The van der Waals surface area contributed by atoms with E-state index >= 15 is 0 Å². The van der Waals surface area contributed by atoms with Crippen LogP contribution in [0.1, 0.15) is 43.6 Å². The normalized spacial score (nSPS) is 13.0. The Balaban J connectivity index is 2.20. The summed E-state index contributed by atoms with van der Waals surface area (Å²) >= 11 is 0. The Morgan fingerprint density at radius 1 is 1.04 bits per heavy atom. The zero-order chi connectivity index (χ0) is 18.0. The number of halogens is 1. The Bertz CT molecular complexity index is 847. The molecule has 1 aromatic heterocycles. The van der Waals surface area contributed by atoms with E-state index in [1.165, 1.54) is 6.07 Å². The van der Waals surface area contributed by atoms with Crippen molar-refractivity contribution in [2.24, 2.45) is 5.73 Å². The molecule has 1 heterocycles. The van der Waals surface area contributed by atoms with E-state index in [0.29, 0.717) is 12.1 Å². The topological polar surface area (TPSA) is 43.8 Å². The Hall–Kier alpha value is -2.46. The molecular weight excluding hydrogens is 313 g/mol. The Morgan fingerprint density at radius 3 is 2.28 bits per heavy atom. The first-order valence-corrected chi connectivity index (χ1v) is 8.52. The van der Waals surface area contributed by atoms with Gasteiger partial charge in [0.2, 0.25) is 0 Å². The van der Waals surface area contributed by atoms with Crippen LogP contribution in [0.4, 0.5) is 4.39 Å². The third-order valence-corrected chi connectivity index (χ3v) is 4.38. The average molecular weight is 337 g/mol. The van der Waals surface area contributed by atoms with Gasteiger partial charge in [-0.2, -0.15) is 5.10 Å². The fourth-order valence-corrected chi connectivity index (χ4v) is 2.95. The number of benzene rings is 2. The fraction of sp³-hybridized carbons (Fsp3) is 0.286. The van der Waals surface area contributed by atoms with E-state index < -0.39 is 0 Å². The van der Waals surface area contributed by atoms with Crippen LogP contribution < -0.4 is 5.73 Å². The maximum absolute atomic E-state index is 14.4. The molecular formula is C21H24FN3. The first kappa shape index (κ1) is 17.4. The van der Waals surface area contributed by atoms with Crippen molar-refractivity contribution in [1.82, 2.24) is 9.78 Å². The highest BCUT2D eigenvalue weighted by Crippen LogP contribution is 2.31. The monoisotopic (exact) mass is 337 g/mol. The Kier molecular flexibility index (Phi) is 4.73. The standard InChI is InChI=1S/C21H24FN3/c1-21(2,3)20-13-19(25(24-20)15-9-5-4-6-10-15)17(14-23)16-11-7-8-12-18(16)22/h4-13,17H,14,23H2,1-3H3. The van der Waals surface area contributed by atoms with Gasteiger partial charge in [-0.3, -0.25) is 0 Å². The fourth-order valence-electron chi connectivity index (χ4n) is 2.95. The SMILES string of the molecule is CC(C)(C)c1cc(C(CN)c2ccccc2F)n(-c2ccccc2)n1. The molecule has 0 aliphatic carbocycles. The molecule has 0 radical (unpaired) electrons. The molecule has 0 bridgehead atoms. The molecule has 0 saturated carbocycles. The van der Waals surface area contributed by atoms with Crippen LogP contribution in [-0.4, -0.2) is 16.3 Å². The van der Waals surface area contributed by atoms with Crippen LogP contribution in [0.5, 0.6) is 0 Å². The van der Waals surface area contributed by atoms with Gasteiger partial charge in [-0.15, -0.1) is 0 Å². The highest BCUT2D eigenvalue weighted by atomic mass is 19.1. The van der Waals surface area contributed by atoms with Gasteiger partial charge in [0.1, 0.15) is 5.82 Å². The first-order chi connectivity index (χ1) is 11.9. The van der Waals surface area contributed by atoms with Crippen LogP contribution in [0.15, 0.2) is 60.7 Å². The number of para-hydroxylation sites is 1. The second-order valence-electron chi connectivity index (χ2n) is 7.26. The summed E-state index contributed by atoms with van der Waals surface area (Å²) in [5, 5.41) is 4.81. The number of aromatic nitrogens is 2. The van der Waals surface area contributed by atoms with Gasteiger partial charge in [0.15, 0.2) is 0 Å². The first-order valence-electron chi connectivity index (χ1n) is 8.52. The number of rotatable bonds is 4. The number of hydrogen-bond acceptors (Lipinski definition) is 2. The largest absolute Gasteiger partial charge is 0.329 e. The van der Waals surface area contributed by atoms with Crippen molar-refractivity contribution in [1.29, 1.82) is 0 Å². The number of nitrogens with zero attached hydrogens (tertiary/aromatic N) is 2. The summed E-state index contributed by atoms with van der Waals surface area (Å²) in [7, 11) is 0.